The molecule has 2 aromatic rings. The molecule has 130 valence electrons. The maximum atomic E-state index is 12.6. The number of anilines is 1. The van der Waals surface area contributed by atoms with Gasteiger partial charge in [-0.1, -0.05) is 31.4 Å². The molecule has 5 nitrogen and oxygen atoms in total. The zero-order chi connectivity index (χ0) is 17.1. The third-order valence-electron chi connectivity index (χ3n) is 5.36. The summed E-state index contributed by atoms with van der Waals surface area (Å²) in [5.41, 5.74) is 4.34. The number of carbonyl (C=O) groups is 1. The quantitative estimate of drug-likeness (QED) is 0.897. The van der Waals surface area contributed by atoms with Crippen molar-refractivity contribution >= 4 is 11.7 Å². The Bertz CT molecular complexity index is 755. The average Bonchev–Trinajstić information content (AvgIpc) is 2.68. The zero-order valence-electron chi connectivity index (χ0n) is 14.4. The molecule has 1 aliphatic heterocycles. The number of carbonyl (C=O) groups excluding carboxylic acids is 1. The van der Waals surface area contributed by atoms with Crippen molar-refractivity contribution in [3.05, 3.63) is 53.6 Å². The molecular weight excluding hydrogens is 312 g/mol. The second-order valence-electron chi connectivity index (χ2n) is 7.06. The van der Waals surface area contributed by atoms with E-state index in [4.69, 9.17) is 0 Å². The second kappa shape index (κ2) is 7.21. The standard InChI is InChI=1S/C20H24N4O/c25-20(24-10-9-19-17(13-24)12-21-14-22-19)23-18-8-4-7-16(11-18)15-5-2-1-3-6-15/h4,7-8,11-12,14-15H,1-3,5-6,9-10,13H2,(H,23,25). The number of urea groups is 1. The van der Waals surface area contributed by atoms with E-state index >= 15 is 0 Å². The molecule has 0 spiro atoms. The number of hydrogen-bond acceptors (Lipinski definition) is 3. The zero-order valence-corrected chi connectivity index (χ0v) is 14.4. The van der Waals surface area contributed by atoms with Crippen LogP contribution in [-0.4, -0.2) is 27.4 Å². The van der Waals surface area contributed by atoms with Crippen LogP contribution in [0.3, 0.4) is 0 Å². The monoisotopic (exact) mass is 336 g/mol. The maximum Gasteiger partial charge on any atom is 0.322 e. The van der Waals surface area contributed by atoms with Gasteiger partial charge < -0.3 is 10.2 Å². The highest BCUT2D eigenvalue weighted by atomic mass is 16.2. The van der Waals surface area contributed by atoms with Crippen LogP contribution in [0.5, 0.6) is 0 Å². The minimum atomic E-state index is -0.0460. The van der Waals surface area contributed by atoms with E-state index in [1.807, 2.05) is 17.2 Å². The van der Waals surface area contributed by atoms with E-state index < -0.39 is 0 Å². The summed E-state index contributed by atoms with van der Waals surface area (Å²) >= 11 is 0. The predicted molar refractivity (Wildman–Crippen MR) is 97.4 cm³/mol. The van der Waals surface area contributed by atoms with Crippen molar-refractivity contribution in [1.29, 1.82) is 0 Å². The molecule has 25 heavy (non-hydrogen) atoms. The van der Waals surface area contributed by atoms with Crippen LogP contribution in [0.25, 0.3) is 0 Å². The molecule has 4 rings (SSSR count). The Kier molecular flexibility index (Phi) is 4.63. The topological polar surface area (TPSA) is 58.1 Å². The highest BCUT2D eigenvalue weighted by Crippen LogP contribution is 2.33. The molecule has 0 bridgehead atoms. The fraction of sp³-hybridized carbons (Fsp3) is 0.450. The lowest BCUT2D eigenvalue weighted by molar-refractivity contribution is 0.206. The fourth-order valence-electron chi connectivity index (χ4n) is 3.95. The summed E-state index contributed by atoms with van der Waals surface area (Å²) < 4.78 is 0. The Balaban J connectivity index is 1.43. The first-order valence-corrected chi connectivity index (χ1v) is 9.23. The van der Waals surface area contributed by atoms with Gasteiger partial charge in [0.2, 0.25) is 0 Å². The van der Waals surface area contributed by atoms with Gasteiger partial charge in [-0.2, -0.15) is 0 Å². The number of aromatic nitrogens is 2. The number of nitrogens with zero attached hydrogens (tertiary/aromatic N) is 3. The summed E-state index contributed by atoms with van der Waals surface area (Å²) in [7, 11) is 0. The lowest BCUT2D eigenvalue weighted by Gasteiger charge is -2.28. The molecule has 0 unspecified atom stereocenters. The van der Waals surface area contributed by atoms with Crippen LogP contribution < -0.4 is 5.32 Å². The molecule has 1 aliphatic carbocycles. The largest absolute Gasteiger partial charge is 0.322 e. The van der Waals surface area contributed by atoms with Gasteiger partial charge in [-0.15, -0.1) is 0 Å². The predicted octanol–water partition coefficient (Wildman–Crippen LogP) is 4.11. The summed E-state index contributed by atoms with van der Waals surface area (Å²) in [6.45, 7) is 1.27. The van der Waals surface area contributed by atoms with E-state index in [0.29, 0.717) is 19.0 Å². The van der Waals surface area contributed by atoms with Crippen LogP contribution in [0.15, 0.2) is 36.8 Å². The van der Waals surface area contributed by atoms with Gasteiger partial charge in [0.1, 0.15) is 6.33 Å². The van der Waals surface area contributed by atoms with Crippen LogP contribution >= 0.6 is 0 Å². The van der Waals surface area contributed by atoms with Crippen LogP contribution in [-0.2, 0) is 13.0 Å². The lowest BCUT2D eigenvalue weighted by Crippen LogP contribution is -2.39. The molecule has 1 N–H and O–H groups in total. The molecule has 1 fully saturated rings. The summed E-state index contributed by atoms with van der Waals surface area (Å²) in [6, 6.07) is 8.33. The van der Waals surface area contributed by atoms with Crippen molar-refractivity contribution in [3.8, 4) is 0 Å². The first-order valence-electron chi connectivity index (χ1n) is 9.23. The van der Waals surface area contributed by atoms with E-state index in [9.17, 15) is 4.79 Å². The molecule has 1 aromatic heterocycles. The van der Waals surface area contributed by atoms with E-state index in [0.717, 1.165) is 23.4 Å². The van der Waals surface area contributed by atoms with Gasteiger partial charge in [-0.25, -0.2) is 14.8 Å². The molecule has 2 amide bonds. The van der Waals surface area contributed by atoms with E-state index in [1.54, 1.807) is 6.33 Å². The molecule has 0 atom stereocenters. The van der Waals surface area contributed by atoms with Gasteiger partial charge in [0.15, 0.2) is 0 Å². The Morgan fingerprint density at radius 3 is 2.96 bits per heavy atom. The molecule has 0 radical (unpaired) electrons. The van der Waals surface area contributed by atoms with E-state index in [-0.39, 0.29) is 6.03 Å². The van der Waals surface area contributed by atoms with Crippen LogP contribution in [0, 0.1) is 0 Å². The Morgan fingerprint density at radius 2 is 2.08 bits per heavy atom. The first kappa shape index (κ1) is 16.1. The highest BCUT2D eigenvalue weighted by Gasteiger charge is 2.22. The van der Waals surface area contributed by atoms with Crippen molar-refractivity contribution in [2.75, 3.05) is 11.9 Å². The van der Waals surface area contributed by atoms with E-state index in [2.05, 4.69) is 33.5 Å². The summed E-state index contributed by atoms with van der Waals surface area (Å²) in [4.78, 5) is 22.8. The second-order valence-corrected chi connectivity index (χ2v) is 7.06. The number of nitrogens with one attached hydrogen (secondary N) is 1. The van der Waals surface area contributed by atoms with Crippen molar-refractivity contribution in [2.24, 2.45) is 0 Å². The normalized spacial score (nSPS) is 17.8. The lowest BCUT2D eigenvalue weighted by atomic mass is 9.84. The summed E-state index contributed by atoms with van der Waals surface area (Å²) in [5.74, 6) is 0.643. The molecule has 2 heterocycles. The van der Waals surface area contributed by atoms with Crippen molar-refractivity contribution in [2.45, 2.75) is 51.0 Å². The van der Waals surface area contributed by atoms with Gasteiger partial charge in [0.05, 0.1) is 12.2 Å². The smallest absolute Gasteiger partial charge is 0.320 e. The summed E-state index contributed by atoms with van der Waals surface area (Å²) in [6.07, 6.45) is 10.7. The number of fused-ring (bicyclic) bond motifs is 1. The number of hydrogen-bond donors (Lipinski definition) is 1. The van der Waals surface area contributed by atoms with Gasteiger partial charge in [-0.05, 0) is 36.5 Å². The first-order chi connectivity index (χ1) is 12.3. The SMILES string of the molecule is O=C(Nc1cccc(C2CCCCC2)c1)N1CCc2ncncc2C1. The third kappa shape index (κ3) is 3.65. The van der Waals surface area contributed by atoms with Gasteiger partial charge in [0, 0.05) is 30.4 Å². The van der Waals surface area contributed by atoms with Crippen molar-refractivity contribution < 1.29 is 4.79 Å². The van der Waals surface area contributed by atoms with Crippen LogP contribution in [0.2, 0.25) is 0 Å². The maximum absolute atomic E-state index is 12.6. The van der Waals surface area contributed by atoms with Gasteiger partial charge >= 0.3 is 6.03 Å². The Labute approximate surface area is 148 Å². The highest BCUT2D eigenvalue weighted by molar-refractivity contribution is 5.89. The van der Waals surface area contributed by atoms with E-state index in [1.165, 1.54) is 37.7 Å². The van der Waals surface area contributed by atoms with Gasteiger partial charge in [0.25, 0.3) is 0 Å². The summed E-state index contributed by atoms with van der Waals surface area (Å²) in [5, 5.41) is 3.07. The number of rotatable bonds is 2. The minimum Gasteiger partial charge on any atom is -0.320 e. The number of benzene rings is 1. The molecule has 0 saturated heterocycles. The van der Waals surface area contributed by atoms with Crippen LogP contribution in [0.1, 0.15) is 54.8 Å². The van der Waals surface area contributed by atoms with Crippen molar-refractivity contribution in [3.63, 3.8) is 0 Å². The fourth-order valence-corrected chi connectivity index (χ4v) is 3.95. The molecule has 1 aromatic carbocycles. The molecule has 1 saturated carbocycles. The molecule has 2 aliphatic rings. The Morgan fingerprint density at radius 1 is 1.20 bits per heavy atom. The third-order valence-corrected chi connectivity index (χ3v) is 5.36. The average molecular weight is 336 g/mol. The Hall–Kier alpha value is -2.43. The number of amides is 2. The minimum absolute atomic E-state index is 0.0460. The van der Waals surface area contributed by atoms with Crippen LogP contribution in [0.4, 0.5) is 10.5 Å². The molecular formula is C20H24N4O. The van der Waals surface area contributed by atoms with Crippen molar-refractivity contribution in [1.82, 2.24) is 14.9 Å². The molecule has 5 heteroatoms. The van der Waals surface area contributed by atoms with Gasteiger partial charge in [-0.3, -0.25) is 0 Å².